The lowest BCUT2D eigenvalue weighted by molar-refractivity contribution is 0.628. The van der Waals surface area contributed by atoms with Crippen LogP contribution >= 0.6 is 23.1 Å². The van der Waals surface area contributed by atoms with Gasteiger partial charge in [-0.3, -0.25) is 0 Å². The average Bonchev–Trinajstić information content (AvgIpc) is 2.87. The number of terminal acetylenes is 1. The zero-order valence-corrected chi connectivity index (χ0v) is 12.8. The summed E-state index contributed by atoms with van der Waals surface area (Å²) in [7, 11) is 0. The van der Waals surface area contributed by atoms with Gasteiger partial charge < -0.3 is 0 Å². The lowest BCUT2D eigenvalue weighted by Gasteiger charge is -2.03. The third-order valence-electron chi connectivity index (χ3n) is 2.80. The van der Waals surface area contributed by atoms with Gasteiger partial charge >= 0.3 is 0 Å². The van der Waals surface area contributed by atoms with E-state index in [4.69, 9.17) is 6.42 Å². The quantitative estimate of drug-likeness (QED) is 0.542. The topological polar surface area (TPSA) is 38.7 Å². The van der Waals surface area contributed by atoms with Crippen molar-refractivity contribution >= 4 is 33.3 Å². The first-order valence-electron chi connectivity index (χ1n) is 6.15. The molecule has 3 aromatic rings. The minimum Gasteiger partial charge on any atom is -0.238 e. The average molecular weight is 315 g/mol. The number of thiazole rings is 1. The van der Waals surface area contributed by atoms with Crippen LogP contribution in [0.5, 0.6) is 0 Å². The summed E-state index contributed by atoms with van der Waals surface area (Å²) in [4.78, 5) is 4.52. The molecule has 1 aromatic carbocycles. The molecule has 0 fully saturated rings. The van der Waals surface area contributed by atoms with Crippen molar-refractivity contribution in [1.82, 2.24) is 15.2 Å². The maximum Gasteiger partial charge on any atom is 0.147 e. The van der Waals surface area contributed by atoms with E-state index in [1.54, 1.807) is 23.5 Å². The van der Waals surface area contributed by atoms with Gasteiger partial charge in [0.1, 0.15) is 22.1 Å². The summed E-state index contributed by atoms with van der Waals surface area (Å²) in [5, 5.41) is 10.2. The van der Waals surface area contributed by atoms with Gasteiger partial charge in [-0.05, 0) is 31.2 Å². The molecule has 0 unspecified atom stereocenters. The van der Waals surface area contributed by atoms with E-state index in [1.165, 1.54) is 23.9 Å². The van der Waals surface area contributed by atoms with E-state index in [-0.39, 0.29) is 5.82 Å². The van der Waals surface area contributed by atoms with Crippen LogP contribution < -0.4 is 0 Å². The van der Waals surface area contributed by atoms with E-state index in [0.29, 0.717) is 5.75 Å². The highest BCUT2D eigenvalue weighted by molar-refractivity contribution is 7.99. The second-order valence-electron chi connectivity index (χ2n) is 4.26. The molecule has 2 aromatic heterocycles. The van der Waals surface area contributed by atoms with Crippen LogP contribution in [-0.2, 0) is 0 Å². The molecule has 0 saturated carbocycles. The summed E-state index contributed by atoms with van der Waals surface area (Å²) < 4.78 is 14.0. The van der Waals surface area contributed by atoms with Crippen molar-refractivity contribution in [3.8, 4) is 23.6 Å². The predicted molar refractivity (Wildman–Crippen MR) is 84.9 cm³/mol. The van der Waals surface area contributed by atoms with E-state index in [2.05, 4.69) is 21.1 Å². The third kappa shape index (κ3) is 2.75. The number of thioether (sulfide) groups is 1. The Hall–Kier alpha value is -1.97. The van der Waals surface area contributed by atoms with Gasteiger partial charge in [0.25, 0.3) is 0 Å². The molecule has 3 rings (SSSR count). The lowest BCUT2D eigenvalue weighted by Crippen LogP contribution is -1.92. The fourth-order valence-corrected chi connectivity index (χ4v) is 3.52. The highest BCUT2D eigenvalue weighted by Crippen LogP contribution is 2.35. The second kappa shape index (κ2) is 5.80. The van der Waals surface area contributed by atoms with Gasteiger partial charge in [-0.2, -0.15) is 0 Å². The third-order valence-corrected chi connectivity index (χ3v) is 4.64. The molecule has 0 aliphatic rings. The number of aryl methyl sites for hydroxylation is 1. The summed E-state index contributed by atoms with van der Waals surface area (Å²) in [6, 6.07) is 6.22. The van der Waals surface area contributed by atoms with Gasteiger partial charge in [0.05, 0.1) is 15.5 Å². The Labute approximate surface area is 129 Å². The molecule has 0 aliphatic heterocycles. The van der Waals surface area contributed by atoms with Gasteiger partial charge in [-0.1, -0.05) is 17.7 Å². The first-order chi connectivity index (χ1) is 10.2. The van der Waals surface area contributed by atoms with Crippen molar-refractivity contribution in [3.63, 3.8) is 0 Å². The van der Waals surface area contributed by atoms with E-state index >= 15 is 0 Å². The predicted octanol–water partition coefficient (Wildman–Crippen LogP) is 3.93. The molecular weight excluding hydrogens is 305 g/mol. The molecule has 104 valence electrons. The molecule has 3 nitrogen and oxygen atoms in total. The van der Waals surface area contributed by atoms with Crippen molar-refractivity contribution in [3.05, 3.63) is 35.1 Å². The van der Waals surface area contributed by atoms with Crippen LogP contribution in [-0.4, -0.2) is 20.9 Å². The maximum atomic E-state index is 13.1. The fraction of sp³-hybridized carbons (Fsp3) is 0.133. The molecule has 0 atom stereocenters. The van der Waals surface area contributed by atoms with E-state index in [1.807, 2.05) is 6.92 Å². The Morgan fingerprint density at radius 2 is 2.05 bits per heavy atom. The van der Waals surface area contributed by atoms with Crippen LogP contribution in [0.4, 0.5) is 4.39 Å². The monoisotopic (exact) mass is 315 g/mol. The Kier molecular flexibility index (Phi) is 3.86. The molecule has 21 heavy (non-hydrogen) atoms. The molecule has 0 radical (unpaired) electrons. The Morgan fingerprint density at radius 1 is 1.29 bits per heavy atom. The van der Waals surface area contributed by atoms with Crippen molar-refractivity contribution in [1.29, 1.82) is 0 Å². The van der Waals surface area contributed by atoms with Gasteiger partial charge in [0.15, 0.2) is 0 Å². The minimum absolute atomic E-state index is 0.273. The van der Waals surface area contributed by atoms with Crippen LogP contribution in [0, 0.1) is 25.1 Å². The van der Waals surface area contributed by atoms with Crippen LogP contribution in [0.2, 0.25) is 0 Å². The Morgan fingerprint density at radius 3 is 2.76 bits per heavy atom. The number of halogens is 1. The number of nitrogens with zero attached hydrogens (tertiary/aromatic N) is 3. The lowest BCUT2D eigenvalue weighted by atomic mass is 10.1. The molecule has 0 spiro atoms. The number of benzene rings is 1. The number of hydrogen-bond donors (Lipinski definition) is 0. The largest absolute Gasteiger partial charge is 0.238 e. The molecule has 0 saturated heterocycles. The number of aromatic nitrogens is 3. The summed E-state index contributed by atoms with van der Waals surface area (Å²) in [6.07, 6.45) is 5.29. The number of rotatable bonds is 3. The van der Waals surface area contributed by atoms with Gasteiger partial charge in [0.2, 0.25) is 0 Å². The fourth-order valence-electron chi connectivity index (χ4n) is 1.92. The van der Waals surface area contributed by atoms with Gasteiger partial charge in [-0.15, -0.1) is 28.0 Å². The summed E-state index contributed by atoms with van der Waals surface area (Å²) in [5.41, 5.74) is 2.36. The molecule has 6 heteroatoms. The summed E-state index contributed by atoms with van der Waals surface area (Å²) in [5.74, 6) is 2.82. The van der Waals surface area contributed by atoms with E-state index < -0.39 is 0 Å². The summed E-state index contributed by atoms with van der Waals surface area (Å²) in [6.45, 7) is 1.94. The highest BCUT2D eigenvalue weighted by atomic mass is 32.2. The van der Waals surface area contributed by atoms with Gasteiger partial charge in [0, 0.05) is 5.56 Å². The normalized spacial score (nSPS) is 10.7. The number of fused-ring (bicyclic) bond motifs is 1. The Balaban J connectivity index is 2.17. The van der Waals surface area contributed by atoms with Crippen LogP contribution in [0.3, 0.4) is 0 Å². The Bertz CT molecular complexity index is 834. The van der Waals surface area contributed by atoms with Crippen molar-refractivity contribution < 1.29 is 4.39 Å². The van der Waals surface area contributed by atoms with E-state index in [9.17, 15) is 4.39 Å². The van der Waals surface area contributed by atoms with Crippen molar-refractivity contribution in [2.24, 2.45) is 0 Å². The molecule has 2 heterocycles. The smallest absolute Gasteiger partial charge is 0.147 e. The molecule has 0 bridgehead atoms. The van der Waals surface area contributed by atoms with Crippen LogP contribution in [0.25, 0.3) is 21.5 Å². The maximum absolute atomic E-state index is 13.1. The second-order valence-corrected chi connectivity index (χ2v) is 6.43. The first-order valence-corrected chi connectivity index (χ1v) is 7.95. The molecule has 0 aliphatic carbocycles. The standard InChI is InChI=1S/C15H10FN3S2/c1-3-8-20-15-13-14(21-9(2)17-13)12(18-19-15)10-4-6-11(16)7-5-10/h1,4-7H,8H2,2H3. The zero-order valence-electron chi connectivity index (χ0n) is 11.1. The highest BCUT2D eigenvalue weighted by Gasteiger charge is 2.15. The number of hydrogen-bond acceptors (Lipinski definition) is 5. The zero-order chi connectivity index (χ0) is 14.8. The van der Waals surface area contributed by atoms with Crippen molar-refractivity contribution in [2.75, 3.05) is 5.75 Å². The van der Waals surface area contributed by atoms with E-state index in [0.717, 1.165) is 31.5 Å². The SMILES string of the molecule is C#CCSc1nnc(-c2ccc(F)cc2)c2sc(C)nc12. The van der Waals surface area contributed by atoms with Crippen LogP contribution in [0.1, 0.15) is 5.01 Å². The van der Waals surface area contributed by atoms with Gasteiger partial charge in [-0.25, -0.2) is 9.37 Å². The molecular formula is C15H10FN3S2. The minimum atomic E-state index is -0.273. The van der Waals surface area contributed by atoms with Crippen LogP contribution in [0.15, 0.2) is 29.3 Å². The molecule has 0 amide bonds. The van der Waals surface area contributed by atoms with Crippen molar-refractivity contribution in [2.45, 2.75) is 11.9 Å². The summed E-state index contributed by atoms with van der Waals surface area (Å²) >= 11 is 3.00. The molecule has 0 N–H and O–H groups in total. The first kappa shape index (κ1) is 14.0.